The maximum absolute atomic E-state index is 5.46. The first-order valence-corrected chi connectivity index (χ1v) is 4.64. The fourth-order valence-corrected chi connectivity index (χ4v) is 1.49. The van der Waals surface area contributed by atoms with E-state index in [1.54, 1.807) is 12.4 Å². The van der Waals surface area contributed by atoms with Gasteiger partial charge in [0.25, 0.3) is 0 Å². The van der Waals surface area contributed by atoms with Crippen molar-refractivity contribution in [3.63, 3.8) is 0 Å². The average Bonchev–Trinajstić information content (AvgIpc) is 2.17. The van der Waals surface area contributed by atoms with Crippen LogP contribution in [-0.4, -0.2) is 15.0 Å². The molecule has 0 aliphatic carbocycles. The van der Waals surface area contributed by atoms with Gasteiger partial charge in [0.15, 0.2) is 0 Å². The molecule has 0 saturated carbocycles. The second-order valence-electron chi connectivity index (χ2n) is 3.02. The smallest absolute Gasteiger partial charge is 0.0889 e. The lowest BCUT2D eigenvalue weighted by Gasteiger charge is -2.00. The van der Waals surface area contributed by atoms with Gasteiger partial charge in [-0.25, -0.2) is 0 Å². The molecule has 0 saturated heterocycles. The third-order valence-electron chi connectivity index (χ3n) is 1.91. The molecule has 14 heavy (non-hydrogen) atoms. The van der Waals surface area contributed by atoms with Crippen LogP contribution in [0.4, 0.5) is 0 Å². The van der Waals surface area contributed by atoms with Gasteiger partial charge in [-0.1, -0.05) is 18.3 Å². The summed E-state index contributed by atoms with van der Waals surface area (Å²) in [5, 5.41) is 0. The predicted molar refractivity (Wildman–Crippen MR) is 60.0 cm³/mol. The first-order chi connectivity index (χ1) is 6.75. The first kappa shape index (κ1) is 9.02. The SMILES string of the molecule is NC(=S)Cc1ccc2nccnc2c1. The molecule has 70 valence electrons. The standard InChI is InChI=1S/C10H9N3S/c11-10(14)6-7-1-2-8-9(5-7)13-4-3-12-8/h1-5H,6H2,(H2,11,14). The molecule has 2 N–H and O–H groups in total. The summed E-state index contributed by atoms with van der Waals surface area (Å²) in [4.78, 5) is 8.87. The summed E-state index contributed by atoms with van der Waals surface area (Å²) in [5.41, 5.74) is 8.30. The Bertz CT molecular complexity index is 482. The third kappa shape index (κ3) is 1.85. The fourth-order valence-electron chi connectivity index (χ4n) is 1.32. The van der Waals surface area contributed by atoms with Crippen molar-refractivity contribution in [3.05, 3.63) is 36.2 Å². The summed E-state index contributed by atoms with van der Waals surface area (Å²) in [7, 11) is 0. The highest BCUT2D eigenvalue weighted by molar-refractivity contribution is 7.80. The van der Waals surface area contributed by atoms with E-state index >= 15 is 0 Å². The van der Waals surface area contributed by atoms with Crippen molar-refractivity contribution in [2.75, 3.05) is 0 Å². The minimum atomic E-state index is 0.494. The monoisotopic (exact) mass is 203 g/mol. The topological polar surface area (TPSA) is 51.8 Å². The quantitative estimate of drug-likeness (QED) is 0.751. The number of benzene rings is 1. The minimum Gasteiger partial charge on any atom is -0.393 e. The highest BCUT2D eigenvalue weighted by Crippen LogP contribution is 2.11. The van der Waals surface area contributed by atoms with Gasteiger partial charge in [-0.2, -0.15) is 0 Å². The lowest BCUT2D eigenvalue weighted by molar-refractivity contribution is 1.27. The molecule has 0 spiro atoms. The van der Waals surface area contributed by atoms with Crippen molar-refractivity contribution in [3.8, 4) is 0 Å². The molecule has 1 heterocycles. The molecule has 1 aromatic heterocycles. The van der Waals surface area contributed by atoms with Gasteiger partial charge in [-0.3, -0.25) is 9.97 Å². The number of fused-ring (bicyclic) bond motifs is 1. The molecule has 0 aliphatic rings. The summed E-state index contributed by atoms with van der Waals surface area (Å²) in [6.07, 6.45) is 3.96. The van der Waals surface area contributed by atoms with Gasteiger partial charge in [0, 0.05) is 18.8 Å². The molecule has 4 heteroatoms. The number of rotatable bonds is 2. The Labute approximate surface area is 87.0 Å². The van der Waals surface area contributed by atoms with Crippen LogP contribution in [0.2, 0.25) is 0 Å². The van der Waals surface area contributed by atoms with E-state index in [2.05, 4.69) is 9.97 Å². The number of aromatic nitrogens is 2. The van der Waals surface area contributed by atoms with Crippen molar-refractivity contribution in [1.82, 2.24) is 9.97 Å². The van der Waals surface area contributed by atoms with Crippen LogP contribution >= 0.6 is 12.2 Å². The van der Waals surface area contributed by atoms with Gasteiger partial charge in [0.2, 0.25) is 0 Å². The summed E-state index contributed by atoms with van der Waals surface area (Å²) in [6.45, 7) is 0. The molecule has 3 nitrogen and oxygen atoms in total. The minimum absolute atomic E-state index is 0.494. The van der Waals surface area contributed by atoms with E-state index in [1.807, 2.05) is 18.2 Å². The highest BCUT2D eigenvalue weighted by atomic mass is 32.1. The van der Waals surface area contributed by atoms with Crippen LogP contribution < -0.4 is 5.73 Å². The van der Waals surface area contributed by atoms with Crippen molar-refractivity contribution < 1.29 is 0 Å². The molecule has 0 aliphatic heterocycles. The summed E-state index contributed by atoms with van der Waals surface area (Å²) < 4.78 is 0. The molecule has 0 atom stereocenters. The summed E-state index contributed by atoms with van der Waals surface area (Å²) >= 11 is 4.84. The van der Waals surface area contributed by atoms with Gasteiger partial charge in [-0.05, 0) is 17.7 Å². The molecule has 0 bridgehead atoms. The number of thiocarbonyl (C=S) groups is 1. The normalized spacial score (nSPS) is 10.3. The van der Waals surface area contributed by atoms with Crippen LogP contribution in [-0.2, 0) is 6.42 Å². The molecule has 0 fully saturated rings. The number of hydrogen-bond donors (Lipinski definition) is 1. The fraction of sp³-hybridized carbons (Fsp3) is 0.100. The third-order valence-corrected chi connectivity index (χ3v) is 2.06. The maximum Gasteiger partial charge on any atom is 0.0889 e. The Hall–Kier alpha value is -1.55. The van der Waals surface area contributed by atoms with Crippen LogP contribution in [0.5, 0.6) is 0 Å². The van der Waals surface area contributed by atoms with Crippen LogP contribution in [0.15, 0.2) is 30.6 Å². The van der Waals surface area contributed by atoms with E-state index in [9.17, 15) is 0 Å². The van der Waals surface area contributed by atoms with E-state index in [0.29, 0.717) is 11.4 Å². The maximum atomic E-state index is 5.46. The van der Waals surface area contributed by atoms with Crippen molar-refractivity contribution in [1.29, 1.82) is 0 Å². The molecule has 0 amide bonds. The van der Waals surface area contributed by atoms with E-state index < -0.39 is 0 Å². The molecule has 2 rings (SSSR count). The zero-order chi connectivity index (χ0) is 9.97. The predicted octanol–water partition coefficient (Wildman–Crippen LogP) is 1.46. The molecule has 0 radical (unpaired) electrons. The summed E-state index contributed by atoms with van der Waals surface area (Å²) in [5.74, 6) is 0. The Morgan fingerprint density at radius 2 is 1.93 bits per heavy atom. The zero-order valence-electron chi connectivity index (χ0n) is 7.47. The second-order valence-corrected chi connectivity index (χ2v) is 3.55. The Morgan fingerprint density at radius 3 is 2.64 bits per heavy atom. The van der Waals surface area contributed by atoms with Gasteiger partial charge in [-0.15, -0.1) is 0 Å². The molecule has 2 aromatic rings. The molecular formula is C10H9N3S. The molecular weight excluding hydrogens is 194 g/mol. The van der Waals surface area contributed by atoms with Crippen molar-refractivity contribution >= 4 is 28.2 Å². The Kier molecular flexibility index (Phi) is 2.37. The van der Waals surface area contributed by atoms with E-state index in [4.69, 9.17) is 18.0 Å². The lowest BCUT2D eigenvalue weighted by Crippen LogP contribution is -2.10. The lowest BCUT2D eigenvalue weighted by atomic mass is 10.1. The van der Waals surface area contributed by atoms with Crippen molar-refractivity contribution in [2.45, 2.75) is 6.42 Å². The first-order valence-electron chi connectivity index (χ1n) is 4.23. The number of hydrogen-bond acceptors (Lipinski definition) is 3. The number of nitrogens with two attached hydrogens (primary N) is 1. The van der Waals surface area contributed by atoms with Crippen LogP contribution in [0.3, 0.4) is 0 Å². The van der Waals surface area contributed by atoms with Crippen LogP contribution in [0.25, 0.3) is 11.0 Å². The Morgan fingerprint density at radius 1 is 1.21 bits per heavy atom. The molecule has 0 unspecified atom stereocenters. The van der Waals surface area contributed by atoms with E-state index in [1.165, 1.54) is 0 Å². The van der Waals surface area contributed by atoms with E-state index in [0.717, 1.165) is 16.6 Å². The van der Waals surface area contributed by atoms with Crippen LogP contribution in [0.1, 0.15) is 5.56 Å². The average molecular weight is 203 g/mol. The zero-order valence-corrected chi connectivity index (χ0v) is 8.29. The van der Waals surface area contributed by atoms with Crippen molar-refractivity contribution in [2.24, 2.45) is 5.73 Å². The van der Waals surface area contributed by atoms with Gasteiger partial charge in [0.05, 0.1) is 16.0 Å². The molecule has 1 aromatic carbocycles. The second kappa shape index (κ2) is 3.67. The largest absolute Gasteiger partial charge is 0.393 e. The van der Waals surface area contributed by atoms with Gasteiger partial charge < -0.3 is 5.73 Å². The van der Waals surface area contributed by atoms with E-state index in [-0.39, 0.29) is 0 Å². The van der Waals surface area contributed by atoms with Gasteiger partial charge >= 0.3 is 0 Å². The Balaban J connectivity index is 2.46. The van der Waals surface area contributed by atoms with Gasteiger partial charge in [0.1, 0.15) is 0 Å². The highest BCUT2D eigenvalue weighted by Gasteiger charge is 1.98. The number of nitrogens with zero attached hydrogens (tertiary/aromatic N) is 2. The summed E-state index contributed by atoms with van der Waals surface area (Å²) in [6, 6.07) is 5.85. The van der Waals surface area contributed by atoms with Crippen LogP contribution in [0, 0.1) is 0 Å².